The minimum absolute atomic E-state index is 0. The number of nitro groups is 1. The van der Waals surface area contributed by atoms with Crippen molar-refractivity contribution in [2.24, 2.45) is 14.1 Å². The van der Waals surface area contributed by atoms with Gasteiger partial charge in [0, 0.05) is 99.7 Å². The van der Waals surface area contributed by atoms with Gasteiger partial charge in [0.25, 0.3) is 41.1 Å². The summed E-state index contributed by atoms with van der Waals surface area (Å²) < 4.78 is 3.15. The number of aromatic nitrogens is 2. The van der Waals surface area contributed by atoms with Gasteiger partial charge in [-0.05, 0) is 95.9 Å². The molecule has 6 N–H and O–H groups in total. The van der Waals surface area contributed by atoms with Gasteiger partial charge < -0.3 is 50.8 Å². The molecule has 3 aromatic carbocycles. The maximum atomic E-state index is 14.2. The number of hydrogen-bond acceptors (Lipinski definition) is 12. The number of hydrogen-bond donors (Lipinski definition) is 6. The number of amides is 8. The molecular weight excluding hydrogens is 976 g/mol. The molecule has 0 atom stereocenters. The second kappa shape index (κ2) is 25.5. The van der Waals surface area contributed by atoms with Gasteiger partial charge in [-0.15, -0.1) is 24.8 Å². The second-order valence-electron chi connectivity index (χ2n) is 17.3. The molecule has 0 saturated carbocycles. The van der Waals surface area contributed by atoms with E-state index in [9.17, 15) is 48.5 Å². The van der Waals surface area contributed by atoms with Gasteiger partial charge >= 0.3 is 0 Å². The number of rotatable bonds is 22. The lowest BCUT2D eigenvalue weighted by Crippen LogP contribution is -2.41. The van der Waals surface area contributed by atoms with Crippen molar-refractivity contribution in [2.75, 3.05) is 83.0 Å². The Morgan fingerprint density at radius 2 is 1.06 bits per heavy atom. The Hall–Kier alpha value is -7.66. The maximum Gasteiger partial charge on any atom is 0.270 e. The van der Waals surface area contributed by atoms with Crippen molar-refractivity contribution in [2.45, 2.75) is 25.7 Å². The normalized spacial score (nSPS) is 11.7. The predicted octanol–water partition coefficient (Wildman–Crippen LogP) is 3.95. The van der Waals surface area contributed by atoms with Gasteiger partial charge in [0.15, 0.2) is 0 Å². The summed E-state index contributed by atoms with van der Waals surface area (Å²) in [5.41, 5.74) is 0.315. The number of carbonyl (C=O) groups excluding carboxylic acids is 8. The van der Waals surface area contributed by atoms with E-state index in [-0.39, 0.29) is 101 Å². The highest BCUT2D eigenvalue weighted by Crippen LogP contribution is 2.36. The van der Waals surface area contributed by atoms with Crippen molar-refractivity contribution in [3.8, 4) is 0 Å². The molecule has 1 aliphatic heterocycles. The Kier molecular flexibility index (Phi) is 20.1. The van der Waals surface area contributed by atoms with Crippen molar-refractivity contribution in [1.29, 1.82) is 0 Å². The van der Waals surface area contributed by atoms with Crippen LogP contribution in [0.25, 0.3) is 10.8 Å². The van der Waals surface area contributed by atoms with Crippen molar-refractivity contribution < 1.29 is 43.3 Å². The molecule has 22 nitrogen and oxygen atoms in total. The summed E-state index contributed by atoms with van der Waals surface area (Å²) in [6.45, 7) is 2.15. The predicted molar refractivity (Wildman–Crippen MR) is 276 cm³/mol. The standard InChI is InChI=1S/C48H56N12O10.2ClH/c1-55(2)18-8-14-49-45(65)38-24-32(27-57(38)5)53-40(61)12-16-51-43(63)30-20-31(44(64)52-17-13-41(62)54-33-25-39(58(6)28-33)46(66)50-15-9-19-56(3)4)23-34(22-30)59-47(67)36-11-7-10-29-21-35(60(69)70)26-37(42(29)36)48(59)68;;/h7,10-11,20-28H,8-9,12-19H2,1-6H3,(H,49,65)(H,50,66)(H,51,63)(H,52,64)(H,53,61)(H,54,62);2*1H. The molecule has 3 heterocycles. The summed E-state index contributed by atoms with van der Waals surface area (Å²) in [6.07, 6.45) is 4.24. The van der Waals surface area contributed by atoms with E-state index in [1.807, 2.05) is 38.0 Å². The first-order chi connectivity index (χ1) is 33.3. The number of carbonyl (C=O) groups is 8. The minimum atomic E-state index is -0.939. The fourth-order valence-corrected chi connectivity index (χ4v) is 7.76. The molecule has 0 bridgehead atoms. The highest BCUT2D eigenvalue weighted by molar-refractivity contribution is 6.36. The number of halogens is 2. The minimum Gasteiger partial charge on any atom is -0.352 e. The zero-order valence-corrected chi connectivity index (χ0v) is 42.2. The molecular formula is C48H58Cl2N12O10. The summed E-state index contributed by atoms with van der Waals surface area (Å²) in [6, 6.07) is 13.5. The number of nitrogens with zero attached hydrogens (tertiary/aromatic N) is 6. The van der Waals surface area contributed by atoms with Gasteiger partial charge in [-0.25, -0.2) is 4.90 Å². The van der Waals surface area contributed by atoms with Crippen LogP contribution in [0.1, 0.15) is 88.1 Å². The van der Waals surface area contributed by atoms with Crippen LogP contribution in [0.2, 0.25) is 0 Å². The van der Waals surface area contributed by atoms with E-state index in [0.717, 1.165) is 36.9 Å². The number of nitro benzene ring substituents is 1. The first-order valence-corrected chi connectivity index (χ1v) is 22.4. The van der Waals surface area contributed by atoms with Crippen molar-refractivity contribution >= 4 is 106 Å². The van der Waals surface area contributed by atoms with Gasteiger partial charge in [0.05, 0.1) is 27.5 Å². The average Bonchev–Trinajstić information content (AvgIpc) is 3.87. The quantitative estimate of drug-likeness (QED) is 0.0249. The fourth-order valence-electron chi connectivity index (χ4n) is 7.76. The third kappa shape index (κ3) is 14.2. The molecule has 2 aromatic heterocycles. The van der Waals surface area contributed by atoms with Crippen LogP contribution in [-0.2, 0) is 23.7 Å². The molecule has 0 saturated heterocycles. The molecule has 24 heteroatoms. The molecule has 0 unspecified atom stereocenters. The van der Waals surface area contributed by atoms with Crippen LogP contribution in [0.4, 0.5) is 22.7 Å². The van der Waals surface area contributed by atoms with Gasteiger partial charge in [-0.1, -0.05) is 12.1 Å². The largest absolute Gasteiger partial charge is 0.352 e. The summed E-state index contributed by atoms with van der Waals surface area (Å²) in [5.74, 6) is -4.91. The first kappa shape index (κ1) is 56.9. The van der Waals surface area contributed by atoms with E-state index in [4.69, 9.17) is 0 Å². The van der Waals surface area contributed by atoms with Crippen molar-refractivity contribution in [1.82, 2.24) is 40.2 Å². The zero-order chi connectivity index (χ0) is 50.8. The molecule has 0 spiro atoms. The van der Waals surface area contributed by atoms with Crippen LogP contribution in [0.15, 0.2) is 73.1 Å². The molecule has 384 valence electrons. The Morgan fingerprint density at radius 3 is 1.51 bits per heavy atom. The Labute approximate surface area is 427 Å². The number of aryl methyl sites for hydroxylation is 2. The van der Waals surface area contributed by atoms with E-state index < -0.39 is 46.1 Å². The second-order valence-corrected chi connectivity index (χ2v) is 17.3. The maximum absolute atomic E-state index is 14.2. The van der Waals surface area contributed by atoms with Crippen molar-refractivity contribution in [3.05, 3.63) is 117 Å². The summed E-state index contributed by atoms with van der Waals surface area (Å²) >= 11 is 0. The van der Waals surface area contributed by atoms with E-state index in [1.54, 1.807) is 35.6 Å². The zero-order valence-electron chi connectivity index (χ0n) is 40.6. The molecule has 6 rings (SSSR count). The number of non-ortho nitro benzene ring substituents is 1. The van der Waals surface area contributed by atoms with E-state index in [1.165, 1.54) is 54.6 Å². The molecule has 0 fully saturated rings. The van der Waals surface area contributed by atoms with Gasteiger partial charge in [0.2, 0.25) is 11.8 Å². The number of anilines is 3. The summed E-state index contributed by atoms with van der Waals surface area (Å²) in [4.78, 5) is 123. The Bertz CT molecular complexity index is 2770. The lowest BCUT2D eigenvalue weighted by atomic mass is 9.92. The third-order valence-corrected chi connectivity index (χ3v) is 11.2. The van der Waals surface area contributed by atoms with Crippen LogP contribution in [-0.4, -0.2) is 139 Å². The third-order valence-electron chi connectivity index (χ3n) is 11.2. The van der Waals surface area contributed by atoms with Crippen LogP contribution in [0, 0.1) is 10.1 Å². The van der Waals surface area contributed by atoms with E-state index in [2.05, 4.69) is 31.9 Å². The van der Waals surface area contributed by atoms with E-state index in [0.29, 0.717) is 35.9 Å². The molecule has 0 radical (unpaired) electrons. The highest BCUT2D eigenvalue weighted by atomic mass is 35.5. The first-order valence-electron chi connectivity index (χ1n) is 22.4. The highest BCUT2D eigenvalue weighted by Gasteiger charge is 2.36. The lowest BCUT2D eigenvalue weighted by Gasteiger charge is -2.27. The van der Waals surface area contributed by atoms with E-state index >= 15 is 0 Å². The van der Waals surface area contributed by atoms with Crippen LogP contribution in [0.3, 0.4) is 0 Å². The fraction of sp³-hybridized carbons (Fsp3) is 0.333. The number of nitrogens with one attached hydrogen (secondary N) is 6. The smallest absolute Gasteiger partial charge is 0.270 e. The number of benzene rings is 3. The lowest BCUT2D eigenvalue weighted by molar-refractivity contribution is -0.384. The molecule has 72 heavy (non-hydrogen) atoms. The molecule has 1 aliphatic rings. The summed E-state index contributed by atoms with van der Waals surface area (Å²) in [7, 11) is 11.1. The summed E-state index contributed by atoms with van der Waals surface area (Å²) in [5, 5.41) is 28.7. The molecule has 8 amide bonds. The van der Waals surface area contributed by atoms with Crippen LogP contribution in [0.5, 0.6) is 0 Å². The Balaban J connectivity index is 0.00000562. The van der Waals surface area contributed by atoms with Gasteiger partial charge in [0.1, 0.15) is 11.4 Å². The van der Waals surface area contributed by atoms with Crippen LogP contribution >= 0.6 is 24.8 Å². The Morgan fingerprint density at radius 1 is 0.597 bits per heavy atom. The van der Waals surface area contributed by atoms with Crippen LogP contribution < -0.4 is 36.8 Å². The number of imide groups is 1. The molecule has 0 aliphatic carbocycles. The van der Waals surface area contributed by atoms with Crippen molar-refractivity contribution in [3.63, 3.8) is 0 Å². The van der Waals surface area contributed by atoms with Gasteiger partial charge in [-0.3, -0.25) is 48.5 Å². The topological polar surface area (TPSA) is 271 Å². The average molecular weight is 1030 g/mol. The molecule has 5 aromatic rings. The SMILES string of the molecule is CN(C)CCCNC(=O)c1cc(NC(=O)CCNC(=O)c2cc(C(=O)NCCC(=O)Nc3cc(C(=O)NCCCN(C)C)n(C)c3)cc(N3C(=O)c4cccc5cc([N+](=O)[O-])cc(c45)C3=O)c2)cn1C.Cl.Cl. The monoisotopic (exact) mass is 1030 g/mol. The van der Waals surface area contributed by atoms with Gasteiger partial charge in [-0.2, -0.15) is 0 Å².